The second kappa shape index (κ2) is 6.67. The van der Waals surface area contributed by atoms with Gasteiger partial charge in [-0.1, -0.05) is 12.1 Å². The average molecular weight is 353 g/mol. The van der Waals surface area contributed by atoms with E-state index in [1.54, 1.807) is 25.1 Å². The number of nitrogens with two attached hydrogens (primary N) is 1. The number of hydrogen-bond donors (Lipinski definition) is 1. The molecule has 2 heterocycles. The molecule has 3 aromatic rings. The number of fused-ring (bicyclic) bond motifs is 1. The van der Waals surface area contributed by atoms with E-state index in [0.717, 1.165) is 0 Å². The summed E-state index contributed by atoms with van der Waals surface area (Å²) in [5.41, 5.74) is 6.50. The van der Waals surface area contributed by atoms with Gasteiger partial charge >= 0.3 is 5.97 Å². The zero-order chi connectivity index (χ0) is 18.8. The summed E-state index contributed by atoms with van der Waals surface area (Å²) < 4.78 is 6.50. The van der Waals surface area contributed by atoms with E-state index < -0.39 is 16.7 Å². The summed E-state index contributed by atoms with van der Waals surface area (Å²) in [5.74, 6) is -1.18. The number of para-hydroxylation sites is 1. The van der Waals surface area contributed by atoms with Crippen LogP contribution in [0, 0.1) is 10.1 Å². The Labute approximate surface area is 147 Å². The van der Waals surface area contributed by atoms with Crippen LogP contribution in [0.2, 0.25) is 0 Å². The molecule has 2 aromatic heterocycles. The molecule has 0 atom stereocenters. The molecular weight excluding hydrogens is 338 g/mol. The maximum absolute atomic E-state index is 13.0. The first kappa shape index (κ1) is 17.2. The number of carbonyl (C=O) groups excluding carboxylic acids is 2. The average Bonchev–Trinajstić information content (AvgIpc) is 3.00. The quantitative estimate of drug-likeness (QED) is 0.326. The molecule has 0 fully saturated rings. The van der Waals surface area contributed by atoms with Crippen molar-refractivity contribution in [1.82, 2.24) is 4.40 Å². The van der Waals surface area contributed by atoms with Crippen LogP contribution in [0.5, 0.6) is 0 Å². The Kier molecular flexibility index (Phi) is 4.40. The summed E-state index contributed by atoms with van der Waals surface area (Å²) in [6, 6.07) is 10.1. The molecule has 8 nitrogen and oxygen atoms in total. The number of aromatic nitrogens is 1. The first-order valence-corrected chi connectivity index (χ1v) is 7.80. The van der Waals surface area contributed by atoms with E-state index in [1.807, 2.05) is 0 Å². The number of ether oxygens (including phenoxy) is 1. The topological polar surface area (TPSA) is 117 Å². The van der Waals surface area contributed by atoms with Gasteiger partial charge in [0.15, 0.2) is 0 Å². The van der Waals surface area contributed by atoms with Crippen molar-refractivity contribution < 1.29 is 19.2 Å². The van der Waals surface area contributed by atoms with Gasteiger partial charge in [0.25, 0.3) is 5.69 Å². The molecule has 0 aliphatic carbocycles. The van der Waals surface area contributed by atoms with Gasteiger partial charge in [-0.05, 0) is 31.2 Å². The molecule has 0 aliphatic rings. The zero-order valence-corrected chi connectivity index (χ0v) is 13.8. The van der Waals surface area contributed by atoms with Crippen LogP contribution < -0.4 is 5.73 Å². The third-order valence-corrected chi connectivity index (χ3v) is 3.87. The van der Waals surface area contributed by atoms with Crippen LogP contribution in [0.15, 0.2) is 48.7 Å². The molecular formula is C18H15N3O5. The fourth-order valence-electron chi connectivity index (χ4n) is 2.72. The Morgan fingerprint density at radius 1 is 1.19 bits per heavy atom. The van der Waals surface area contributed by atoms with E-state index in [9.17, 15) is 19.7 Å². The van der Waals surface area contributed by atoms with Gasteiger partial charge in [0.1, 0.15) is 5.56 Å². The number of esters is 1. The predicted octanol–water partition coefficient (Wildman–Crippen LogP) is 2.84. The maximum atomic E-state index is 13.0. The molecule has 0 bridgehead atoms. The van der Waals surface area contributed by atoms with E-state index in [1.165, 1.54) is 34.9 Å². The minimum atomic E-state index is -0.618. The SMILES string of the molecule is CCOC(=O)c1cc(C(=O)c2ccccc2[N+](=O)[O-])n2ccc(N)cc12. The van der Waals surface area contributed by atoms with Crippen molar-refractivity contribution in [3.05, 3.63) is 75.6 Å². The van der Waals surface area contributed by atoms with Gasteiger partial charge in [-0.2, -0.15) is 0 Å². The van der Waals surface area contributed by atoms with Crippen LogP contribution in [0.25, 0.3) is 5.52 Å². The number of nitrogens with zero attached hydrogens (tertiary/aromatic N) is 2. The number of nitro benzene ring substituents is 1. The lowest BCUT2D eigenvalue weighted by Gasteiger charge is -2.04. The molecule has 0 aliphatic heterocycles. The van der Waals surface area contributed by atoms with Crippen molar-refractivity contribution in [2.45, 2.75) is 6.92 Å². The summed E-state index contributed by atoms with van der Waals surface area (Å²) in [7, 11) is 0. The fourth-order valence-corrected chi connectivity index (χ4v) is 2.72. The molecule has 0 amide bonds. The lowest BCUT2D eigenvalue weighted by atomic mass is 10.1. The Morgan fingerprint density at radius 3 is 2.62 bits per heavy atom. The second-order valence-corrected chi connectivity index (χ2v) is 5.48. The first-order valence-electron chi connectivity index (χ1n) is 7.80. The number of ketones is 1. The number of pyridine rings is 1. The number of nitro groups is 1. The standard InChI is InChI=1S/C18H15N3O5/c1-2-26-18(23)13-10-16(20-8-7-11(19)9-15(13)20)17(22)12-5-3-4-6-14(12)21(24)25/h3-10H,2,19H2,1H3. The molecule has 2 N–H and O–H groups in total. The predicted molar refractivity (Wildman–Crippen MR) is 94.3 cm³/mol. The van der Waals surface area contributed by atoms with E-state index in [-0.39, 0.29) is 29.1 Å². The Morgan fingerprint density at radius 2 is 1.92 bits per heavy atom. The molecule has 0 radical (unpaired) electrons. The lowest BCUT2D eigenvalue weighted by Crippen LogP contribution is -2.08. The summed E-state index contributed by atoms with van der Waals surface area (Å²) >= 11 is 0. The van der Waals surface area contributed by atoms with Crippen LogP contribution in [-0.2, 0) is 4.74 Å². The summed E-state index contributed by atoms with van der Waals surface area (Å²) in [5, 5.41) is 11.2. The number of carbonyl (C=O) groups is 2. The highest BCUT2D eigenvalue weighted by atomic mass is 16.6. The van der Waals surface area contributed by atoms with Crippen LogP contribution in [0.3, 0.4) is 0 Å². The molecule has 0 unspecified atom stereocenters. The van der Waals surface area contributed by atoms with Gasteiger partial charge in [-0.25, -0.2) is 4.79 Å². The number of rotatable bonds is 5. The Hall–Kier alpha value is -3.68. The maximum Gasteiger partial charge on any atom is 0.340 e. The van der Waals surface area contributed by atoms with Crippen molar-refractivity contribution in [3.63, 3.8) is 0 Å². The molecule has 8 heteroatoms. The minimum absolute atomic E-state index is 0.0656. The zero-order valence-electron chi connectivity index (χ0n) is 13.8. The van der Waals surface area contributed by atoms with Crippen molar-refractivity contribution in [1.29, 1.82) is 0 Å². The highest BCUT2D eigenvalue weighted by molar-refractivity contribution is 6.13. The molecule has 1 aromatic carbocycles. The van der Waals surface area contributed by atoms with Crippen LogP contribution in [0.1, 0.15) is 33.3 Å². The molecule has 0 spiro atoms. The van der Waals surface area contributed by atoms with Crippen molar-refractivity contribution in [2.75, 3.05) is 12.3 Å². The monoisotopic (exact) mass is 353 g/mol. The first-order chi connectivity index (χ1) is 12.4. The summed E-state index contributed by atoms with van der Waals surface area (Å²) in [6.07, 6.45) is 1.54. The van der Waals surface area contributed by atoms with Crippen LogP contribution >= 0.6 is 0 Å². The van der Waals surface area contributed by atoms with Crippen molar-refractivity contribution in [3.8, 4) is 0 Å². The summed E-state index contributed by atoms with van der Waals surface area (Å²) in [6.45, 7) is 1.84. The number of nitrogen functional groups attached to an aromatic ring is 1. The molecule has 26 heavy (non-hydrogen) atoms. The fraction of sp³-hybridized carbons (Fsp3) is 0.111. The van der Waals surface area contributed by atoms with Gasteiger partial charge in [-0.15, -0.1) is 0 Å². The van der Waals surface area contributed by atoms with Crippen LogP contribution in [-0.4, -0.2) is 27.7 Å². The third kappa shape index (κ3) is 2.88. The van der Waals surface area contributed by atoms with E-state index in [2.05, 4.69) is 0 Å². The number of hydrogen-bond acceptors (Lipinski definition) is 6. The van der Waals surface area contributed by atoms with E-state index in [0.29, 0.717) is 11.2 Å². The lowest BCUT2D eigenvalue weighted by molar-refractivity contribution is -0.385. The van der Waals surface area contributed by atoms with E-state index >= 15 is 0 Å². The number of benzene rings is 1. The van der Waals surface area contributed by atoms with Crippen molar-refractivity contribution in [2.24, 2.45) is 0 Å². The van der Waals surface area contributed by atoms with Gasteiger partial charge in [0.2, 0.25) is 5.78 Å². The van der Waals surface area contributed by atoms with Gasteiger partial charge < -0.3 is 14.9 Å². The highest BCUT2D eigenvalue weighted by Crippen LogP contribution is 2.26. The third-order valence-electron chi connectivity index (χ3n) is 3.87. The molecule has 0 saturated carbocycles. The normalized spacial score (nSPS) is 10.7. The molecule has 132 valence electrons. The Bertz CT molecular complexity index is 1040. The van der Waals surface area contributed by atoms with Gasteiger partial charge in [-0.3, -0.25) is 14.9 Å². The Balaban J connectivity index is 2.21. The van der Waals surface area contributed by atoms with Gasteiger partial charge in [0.05, 0.1) is 28.3 Å². The smallest absolute Gasteiger partial charge is 0.340 e. The molecule has 0 saturated heterocycles. The highest BCUT2D eigenvalue weighted by Gasteiger charge is 2.26. The van der Waals surface area contributed by atoms with E-state index in [4.69, 9.17) is 10.5 Å². The second-order valence-electron chi connectivity index (χ2n) is 5.48. The molecule has 3 rings (SSSR count). The van der Waals surface area contributed by atoms with Crippen LogP contribution in [0.4, 0.5) is 11.4 Å². The van der Waals surface area contributed by atoms with Crippen molar-refractivity contribution >= 4 is 28.6 Å². The largest absolute Gasteiger partial charge is 0.462 e. The van der Waals surface area contributed by atoms with Gasteiger partial charge in [0, 0.05) is 18.0 Å². The summed E-state index contributed by atoms with van der Waals surface area (Å²) in [4.78, 5) is 35.8. The number of anilines is 1. The minimum Gasteiger partial charge on any atom is -0.462 e.